The summed E-state index contributed by atoms with van der Waals surface area (Å²) in [6, 6.07) is 36.3. The summed E-state index contributed by atoms with van der Waals surface area (Å²) in [4.78, 5) is 17.8. The lowest BCUT2D eigenvalue weighted by Gasteiger charge is -2.09. The van der Waals surface area contributed by atoms with Crippen LogP contribution in [0.1, 0.15) is 15.9 Å². The predicted octanol–water partition coefficient (Wildman–Crippen LogP) is 6.46. The van der Waals surface area contributed by atoms with Crippen molar-refractivity contribution in [2.45, 2.75) is 0 Å². The Morgan fingerprint density at radius 1 is 0.765 bits per heavy atom. The first-order chi connectivity index (χ1) is 16.8. The summed E-state index contributed by atoms with van der Waals surface area (Å²) in [5.41, 5.74) is 6.40. The zero-order valence-electron chi connectivity index (χ0n) is 18.3. The SMILES string of the molecule is O=C(NN=Cc1cccc(Oc2ccccc2)c1)c1cc(-c2ccccc2)nc2ccccc12. The van der Waals surface area contributed by atoms with Crippen molar-refractivity contribution in [2.24, 2.45) is 5.10 Å². The van der Waals surface area contributed by atoms with Crippen molar-refractivity contribution < 1.29 is 9.53 Å². The number of hydrazone groups is 1. The van der Waals surface area contributed by atoms with Gasteiger partial charge in [0.15, 0.2) is 0 Å². The molecule has 0 aliphatic heterocycles. The first-order valence-electron chi connectivity index (χ1n) is 10.9. The van der Waals surface area contributed by atoms with Gasteiger partial charge in [-0.05, 0) is 42.0 Å². The molecule has 0 saturated carbocycles. The minimum absolute atomic E-state index is 0.302. The van der Waals surface area contributed by atoms with Crippen molar-refractivity contribution >= 4 is 23.0 Å². The second kappa shape index (κ2) is 9.79. The van der Waals surface area contributed by atoms with Crippen LogP contribution in [-0.4, -0.2) is 17.1 Å². The fourth-order valence-electron chi connectivity index (χ4n) is 3.63. The molecule has 34 heavy (non-hydrogen) atoms. The minimum Gasteiger partial charge on any atom is -0.457 e. The van der Waals surface area contributed by atoms with E-state index in [0.29, 0.717) is 11.3 Å². The van der Waals surface area contributed by atoms with Gasteiger partial charge in [-0.3, -0.25) is 4.79 Å². The third kappa shape index (κ3) is 4.84. The molecule has 0 bridgehead atoms. The Morgan fingerprint density at radius 3 is 2.29 bits per heavy atom. The Bertz CT molecular complexity index is 1470. The third-order valence-electron chi connectivity index (χ3n) is 5.25. The molecule has 4 aromatic carbocycles. The lowest BCUT2D eigenvalue weighted by molar-refractivity contribution is 0.0956. The van der Waals surface area contributed by atoms with Crippen LogP contribution in [0.3, 0.4) is 0 Å². The summed E-state index contributed by atoms with van der Waals surface area (Å²) in [6.45, 7) is 0. The quantitative estimate of drug-likeness (QED) is 0.242. The highest BCUT2D eigenvalue weighted by Crippen LogP contribution is 2.25. The molecule has 164 valence electrons. The van der Waals surface area contributed by atoms with Crippen LogP contribution >= 0.6 is 0 Å². The molecular weight excluding hydrogens is 422 g/mol. The topological polar surface area (TPSA) is 63.6 Å². The van der Waals surface area contributed by atoms with Gasteiger partial charge in [0.05, 0.1) is 23.0 Å². The number of pyridine rings is 1. The highest BCUT2D eigenvalue weighted by atomic mass is 16.5. The molecule has 0 atom stereocenters. The summed E-state index contributed by atoms with van der Waals surface area (Å²) in [6.07, 6.45) is 1.59. The molecule has 0 aliphatic carbocycles. The zero-order valence-corrected chi connectivity index (χ0v) is 18.3. The second-order valence-electron chi connectivity index (χ2n) is 7.62. The van der Waals surface area contributed by atoms with Crippen LogP contribution in [-0.2, 0) is 0 Å². The standard InChI is InChI=1S/C29H21N3O2/c33-29(32-30-20-21-10-9-15-24(18-21)34-23-13-5-2-6-14-23)26-19-28(22-11-3-1-4-12-22)31-27-17-8-7-16-25(26)27/h1-20H,(H,32,33). The van der Waals surface area contributed by atoms with Gasteiger partial charge < -0.3 is 4.74 Å². The number of para-hydroxylation sites is 2. The van der Waals surface area contributed by atoms with Gasteiger partial charge in [-0.2, -0.15) is 5.10 Å². The van der Waals surface area contributed by atoms with Crippen molar-refractivity contribution in [3.8, 4) is 22.8 Å². The lowest BCUT2D eigenvalue weighted by atomic mass is 10.0. The number of aromatic nitrogens is 1. The Kier molecular flexibility index (Phi) is 6.08. The molecule has 1 N–H and O–H groups in total. The van der Waals surface area contributed by atoms with Crippen molar-refractivity contribution in [1.29, 1.82) is 0 Å². The molecule has 0 unspecified atom stereocenters. The van der Waals surface area contributed by atoms with Gasteiger partial charge in [-0.15, -0.1) is 0 Å². The molecule has 0 spiro atoms. The maximum atomic E-state index is 13.1. The van der Waals surface area contributed by atoms with E-state index in [2.05, 4.69) is 10.5 Å². The van der Waals surface area contributed by atoms with Gasteiger partial charge in [0, 0.05) is 10.9 Å². The van der Waals surface area contributed by atoms with Gasteiger partial charge in [0.25, 0.3) is 5.91 Å². The molecule has 0 fully saturated rings. The number of amides is 1. The number of carbonyl (C=O) groups is 1. The molecule has 5 nitrogen and oxygen atoms in total. The van der Waals surface area contributed by atoms with E-state index in [1.165, 1.54) is 0 Å². The van der Waals surface area contributed by atoms with Gasteiger partial charge in [-0.25, -0.2) is 10.4 Å². The van der Waals surface area contributed by atoms with Crippen LogP contribution in [0.15, 0.2) is 120 Å². The van der Waals surface area contributed by atoms with Gasteiger partial charge in [-0.1, -0.05) is 78.9 Å². The van der Waals surface area contributed by atoms with Gasteiger partial charge in [0.2, 0.25) is 0 Å². The average Bonchev–Trinajstić information content (AvgIpc) is 2.89. The number of rotatable bonds is 6. The van der Waals surface area contributed by atoms with Crippen LogP contribution in [0.25, 0.3) is 22.2 Å². The number of benzene rings is 4. The number of nitrogens with one attached hydrogen (secondary N) is 1. The number of carbonyl (C=O) groups excluding carboxylic acids is 1. The van der Waals surface area contributed by atoms with Crippen LogP contribution in [0.5, 0.6) is 11.5 Å². The van der Waals surface area contributed by atoms with E-state index in [1.54, 1.807) is 12.3 Å². The van der Waals surface area contributed by atoms with Crippen LogP contribution in [0, 0.1) is 0 Å². The Hall–Kier alpha value is -4.77. The minimum atomic E-state index is -0.302. The largest absolute Gasteiger partial charge is 0.457 e. The Labute approximate surface area is 197 Å². The zero-order chi connectivity index (χ0) is 23.2. The summed E-state index contributed by atoms with van der Waals surface area (Å²) in [5, 5.41) is 4.95. The maximum Gasteiger partial charge on any atom is 0.272 e. The molecule has 5 aromatic rings. The Morgan fingerprint density at radius 2 is 1.47 bits per heavy atom. The lowest BCUT2D eigenvalue weighted by Crippen LogP contribution is -2.18. The van der Waals surface area contributed by atoms with Crippen LogP contribution in [0.4, 0.5) is 0 Å². The first-order valence-corrected chi connectivity index (χ1v) is 10.9. The van der Waals surface area contributed by atoms with Crippen LogP contribution < -0.4 is 10.2 Å². The molecule has 0 saturated heterocycles. The fourth-order valence-corrected chi connectivity index (χ4v) is 3.63. The van der Waals surface area contributed by atoms with E-state index in [9.17, 15) is 4.79 Å². The van der Waals surface area contributed by atoms with E-state index >= 15 is 0 Å². The number of nitrogens with zero attached hydrogens (tertiary/aromatic N) is 2. The van der Waals surface area contributed by atoms with E-state index in [-0.39, 0.29) is 5.91 Å². The molecule has 5 rings (SSSR count). The van der Waals surface area contributed by atoms with Gasteiger partial charge >= 0.3 is 0 Å². The van der Waals surface area contributed by atoms with Gasteiger partial charge in [0.1, 0.15) is 11.5 Å². The average molecular weight is 444 g/mol. The molecular formula is C29H21N3O2. The molecule has 1 amide bonds. The molecule has 0 radical (unpaired) electrons. The normalized spacial score (nSPS) is 10.9. The molecule has 1 heterocycles. The maximum absolute atomic E-state index is 13.1. The Balaban J connectivity index is 1.37. The smallest absolute Gasteiger partial charge is 0.272 e. The van der Waals surface area contributed by atoms with Crippen LogP contribution in [0.2, 0.25) is 0 Å². The summed E-state index contributed by atoms with van der Waals surface area (Å²) >= 11 is 0. The summed E-state index contributed by atoms with van der Waals surface area (Å²) in [7, 11) is 0. The van der Waals surface area contributed by atoms with E-state index in [4.69, 9.17) is 9.72 Å². The van der Waals surface area contributed by atoms with Crippen molar-refractivity contribution in [3.05, 3.63) is 126 Å². The fraction of sp³-hybridized carbons (Fsp3) is 0. The molecule has 1 aromatic heterocycles. The van der Waals surface area contributed by atoms with E-state index in [0.717, 1.165) is 33.5 Å². The number of hydrogen-bond acceptors (Lipinski definition) is 4. The monoisotopic (exact) mass is 443 g/mol. The van der Waals surface area contributed by atoms with Crippen molar-refractivity contribution in [3.63, 3.8) is 0 Å². The second-order valence-corrected chi connectivity index (χ2v) is 7.62. The molecule has 5 heteroatoms. The summed E-state index contributed by atoms with van der Waals surface area (Å²) in [5.74, 6) is 1.14. The van der Waals surface area contributed by atoms with E-state index < -0.39 is 0 Å². The number of fused-ring (bicyclic) bond motifs is 1. The summed E-state index contributed by atoms with van der Waals surface area (Å²) < 4.78 is 5.86. The predicted molar refractivity (Wildman–Crippen MR) is 135 cm³/mol. The number of ether oxygens (including phenoxy) is 1. The highest BCUT2D eigenvalue weighted by Gasteiger charge is 2.13. The highest BCUT2D eigenvalue weighted by molar-refractivity contribution is 6.07. The molecule has 0 aliphatic rings. The van der Waals surface area contributed by atoms with Crippen molar-refractivity contribution in [1.82, 2.24) is 10.4 Å². The first kappa shape index (κ1) is 21.1. The third-order valence-corrected chi connectivity index (χ3v) is 5.25. The number of hydrogen-bond donors (Lipinski definition) is 1. The van der Waals surface area contributed by atoms with Crippen molar-refractivity contribution in [2.75, 3.05) is 0 Å². The van der Waals surface area contributed by atoms with E-state index in [1.807, 2.05) is 109 Å².